The molecule has 1 spiro atoms. The first kappa shape index (κ1) is 33.0. The summed E-state index contributed by atoms with van der Waals surface area (Å²) in [6.07, 6.45) is 3.21. The van der Waals surface area contributed by atoms with Crippen LogP contribution in [0, 0.1) is 5.41 Å². The number of hydrogen-bond donors (Lipinski definition) is 0. The largest absolute Gasteiger partial charge is 0.445 e. The van der Waals surface area contributed by atoms with Gasteiger partial charge in [-0.3, -0.25) is 4.79 Å². The second-order valence-electron chi connectivity index (χ2n) is 14.6. The third-order valence-electron chi connectivity index (χ3n) is 11.6. The number of amides is 2. The molecule has 0 N–H and O–H groups in total. The van der Waals surface area contributed by atoms with Crippen molar-refractivity contribution in [2.24, 2.45) is 5.41 Å². The summed E-state index contributed by atoms with van der Waals surface area (Å²) >= 11 is 0. The van der Waals surface area contributed by atoms with E-state index in [0.717, 1.165) is 70.6 Å². The van der Waals surface area contributed by atoms with E-state index in [1.165, 1.54) is 0 Å². The van der Waals surface area contributed by atoms with Crippen molar-refractivity contribution in [2.75, 3.05) is 42.5 Å². The number of carbonyl (C=O) groups is 2. The smallest absolute Gasteiger partial charge is 0.410 e. The Kier molecular flexibility index (Phi) is 8.45. The van der Waals surface area contributed by atoms with Crippen LogP contribution >= 0.6 is 0 Å². The Morgan fingerprint density at radius 1 is 0.698 bits per heavy atom. The summed E-state index contributed by atoms with van der Waals surface area (Å²) in [6, 6.07) is 48.1. The number of anilines is 2. The van der Waals surface area contributed by atoms with Crippen LogP contribution in [0.5, 0.6) is 0 Å². The maximum Gasteiger partial charge on any atom is 0.410 e. The van der Waals surface area contributed by atoms with Crippen LogP contribution in [0.25, 0.3) is 10.9 Å². The van der Waals surface area contributed by atoms with Crippen LogP contribution < -0.4 is 9.80 Å². The van der Waals surface area contributed by atoms with E-state index in [9.17, 15) is 9.59 Å². The molecule has 0 bridgehead atoms. The maximum absolute atomic E-state index is 14.4. The Morgan fingerprint density at radius 3 is 1.87 bits per heavy atom. The van der Waals surface area contributed by atoms with Gasteiger partial charge in [0.25, 0.3) is 0 Å². The van der Waals surface area contributed by atoms with E-state index >= 15 is 0 Å². The van der Waals surface area contributed by atoms with Crippen molar-refractivity contribution in [3.63, 3.8) is 0 Å². The lowest BCUT2D eigenvalue weighted by molar-refractivity contribution is -0.124. The maximum atomic E-state index is 14.4. The summed E-state index contributed by atoms with van der Waals surface area (Å²) in [6.45, 7) is 3.59. The molecule has 2 amide bonds. The van der Waals surface area contributed by atoms with E-state index in [2.05, 4.69) is 119 Å². The molecule has 6 aromatic rings. The molecule has 1 aromatic heterocycles. The van der Waals surface area contributed by atoms with Gasteiger partial charge in [-0.2, -0.15) is 5.10 Å². The quantitative estimate of drug-likeness (QED) is 0.150. The topological polar surface area (TPSA) is 70.9 Å². The molecule has 0 unspecified atom stereocenters. The Bertz CT molecular complexity index is 2140. The fourth-order valence-corrected chi connectivity index (χ4v) is 8.87. The molecule has 3 aliphatic heterocycles. The third kappa shape index (κ3) is 5.64. The second kappa shape index (κ2) is 13.6. The zero-order valence-corrected chi connectivity index (χ0v) is 29.8. The number of aromatic nitrogens is 2. The fraction of sp³-hybridized carbons (Fsp3) is 0.267. The zero-order valence-electron chi connectivity index (χ0n) is 29.8. The van der Waals surface area contributed by atoms with Gasteiger partial charge in [-0.05, 0) is 66.1 Å². The van der Waals surface area contributed by atoms with Gasteiger partial charge in [0.2, 0.25) is 5.91 Å². The van der Waals surface area contributed by atoms with Crippen molar-refractivity contribution in [3.05, 3.63) is 162 Å². The van der Waals surface area contributed by atoms with Crippen molar-refractivity contribution >= 4 is 34.4 Å². The molecule has 3 aliphatic rings. The standard InChI is InChI=1S/C45H43N5O3/c51-42-44(25-29-48(33-44)43(52)53-32-34-15-5-1-6-16-34)26-30-49(42)38-23-24-40-39(31-38)41(47-27-13-14-28-47)46-50(40)45(35-17-7-2-8-18-35,36-19-9-3-10-20-36)37-21-11-4-12-22-37/h1-12,15-24,31H,13-14,25-30,32-33H2/t44-/m0/s1. The van der Waals surface area contributed by atoms with Crippen LogP contribution in [0.15, 0.2) is 140 Å². The first-order valence-electron chi connectivity index (χ1n) is 18.8. The van der Waals surface area contributed by atoms with Crippen LogP contribution in [0.4, 0.5) is 16.3 Å². The molecule has 0 saturated carbocycles. The number of nitrogens with zero attached hydrogens (tertiary/aromatic N) is 5. The summed E-state index contributed by atoms with van der Waals surface area (Å²) in [5, 5.41) is 6.61. The molecule has 4 heterocycles. The number of benzene rings is 5. The second-order valence-corrected chi connectivity index (χ2v) is 14.6. The van der Waals surface area contributed by atoms with Crippen LogP contribution in [0.2, 0.25) is 0 Å². The molecule has 5 aromatic carbocycles. The predicted molar refractivity (Wildman–Crippen MR) is 208 cm³/mol. The number of likely N-dealkylation sites (tertiary alicyclic amines) is 1. The molecule has 0 aliphatic carbocycles. The molecule has 1 atom stereocenters. The molecule has 266 valence electrons. The zero-order chi connectivity index (χ0) is 35.8. The van der Waals surface area contributed by atoms with Gasteiger partial charge < -0.3 is 19.4 Å². The Hall–Kier alpha value is -5.89. The molecular weight excluding hydrogens is 659 g/mol. The average Bonchev–Trinajstić information content (AvgIpc) is 4.04. The van der Waals surface area contributed by atoms with E-state index in [1.54, 1.807) is 4.90 Å². The summed E-state index contributed by atoms with van der Waals surface area (Å²) < 4.78 is 7.87. The lowest BCUT2D eigenvalue weighted by Gasteiger charge is -2.37. The highest BCUT2D eigenvalue weighted by molar-refractivity contribution is 6.03. The summed E-state index contributed by atoms with van der Waals surface area (Å²) in [5.74, 6) is 1.03. The van der Waals surface area contributed by atoms with Crippen molar-refractivity contribution in [1.29, 1.82) is 0 Å². The molecule has 53 heavy (non-hydrogen) atoms. The number of ether oxygens (including phenoxy) is 1. The van der Waals surface area contributed by atoms with Crippen molar-refractivity contribution in [1.82, 2.24) is 14.7 Å². The number of fused-ring (bicyclic) bond motifs is 1. The first-order valence-corrected chi connectivity index (χ1v) is 18.8. The Morgan fingerprint density at radius 2 is 1.26 bits per heavy atom. The molecule has 9 rings (SSSR count). The van der Waals surface area contributed by atoms with Crippen molar-refractivity contribution in [3.8, 4) is 0 Å². The van der Waals surface area contributed by atoms with Crippen molar-refractivity contribution in [2.45, 2.75) is 37.8 Å². The van der Waals surface area contributed by atoms with E-state index in [1.807, 2.05) is 35.2 Å². The minimum atomic E-state index is -0.766. The third-order valence-corrected chi connectivity index (χ3v) is 11.6. The lowest BCUT2D eigenvalue weighted by atomic mass is 9.77. The minimum Gasteiger partial charge on any atom is -0.445 e. The highest BCUT2D eigenvalue weighted by Gasteiger charge is 2.52. The van der Waals surface area contributed by atoms with Gasteiger partial charge in [0.1, 0.15) is 12.1 Å². The van der Waals surface area contributed by atoms with E-state index in [-0.39, 0.29) is 18.6 Å². The summed E-state index contributed by atoms with van der Waals surface area (Å²) in [4.78, 5) is 33.5. The normalized spacial score (nSPS) is 18.8. The molecule has 8 heteroatoms. The van der Waals surface area contributed by atoms with E-state index < -0.39 is 11.0 Å². The SMILES string of the molecule is O=C(OCc1ccccc1)N1CC[C@]2(CCN(c3ccc4c(c3)c(N3CCCC3)nn4C(c3ccccc3)(c3ccccc3)c3ccccc3)C2=O)C1. The van der Waals surface area contributed by atoms with Gasteiger partial charge in [0.05, 0.1) is 10.9 Å². The molecule has 8 nitrogen and oxygen atoms in total. The van der Waals surface area contributed by atoms with Crippen molar-refractivity contribution < 1.29 is 14.3 Å². The van der Waals surface area contributed by atoms with Gasteiger partial charge >= 0.3 is 6.09 Å². The van der Waals surface area contributed by atoms with Gasteiger partial charge in [0, 0.05) is 43.8 Å². The highest BCUT2D eigenvalue weighted by Crippen LogP contribution is 2.47. The number of hydrogen-bond acceptors (Lipinski definition) is 5. The molecule has 3 saturated heterocycles. The number of carbonyl (C=O) groups excluding carboxylic acids is 2. The minimum absolute atomic E-state index is 0.0810. The molecule has 3 fully saturated rings. The average molecular weight is 702 g/mol. The van der Waals surface area contributed by atoms with Crippen LogP contribution in [-0.2, 0) is 21.7 Å². The van der Waals surface area contributed by atoms with Gasteiger partial charge in [-0.25, -0.2) is 9.48 Å². The first-order chi connectivity index (χ1) is 26.1. The lowest BCUT2D eigenvalue weighted by Crippen LogP contribution is -2.39. The highest BCUT2D eigenvalue weighted by atomic mass is 16.6. The summed E-state index contributed by atoms with van der Waals surface area (Å²) in [5.41, 5.74) is 4.79. The van der Waals surface area contributed by atoms with E-state index in [0.29, 0.717) is 32.5 Å². The molecule has 0 radical (unpaired) electrons. The predicted octanol–water partition coefficient (Wildman–Crippen LogP) is 8.24. The monoisotopic (exact) mass is 701 g/mol. The van der Waals surface area contributed by atoms with Gasteiger partial charge in [-0.15, -0.1) is 0 Å². The van der Waals surface area contributed by atoms with Gasteiger partial charge in [0.15, 0.2) is 5.82 Å². The fourth-order valence-electron chi connectivity index (χ4n) is 8.87. The Labute approximate surface area is 310 Å². The molecular formula is C45H43N5O3. The number of rotatable bonds is 8. The van der Waals surface area contributed by atoms with E-state index in [4.69, 9.17) is 9.84 Å². The van der Waals surface area contributed by atoms with Crippen LogP contribution in [0.1, 0.15) is 47.9 Å². The Balaban J connectivity index is 1.11. The van der Waals surface area contributed by atoms with Crippen LogP contribution in [0.3, 0.4) is 0 Å². The van der Waals surface area contributed by atoms with Crippen LogP contribution in [-0.4, -0.2) is 59.4 Å². The van der Waals surface area contributed by atoms with Gasteiger partial charge in [-0.1, -0.05) is 121 Å². The summed E-state index contributed by atoms with van der Waals surface area (Å²) in [7, 11) is 0.